The van der Waals surface area contributed by atoms with E-state index in [1.165, 1.54) is 4.90 Å². The minimum absolute atomic E-state index is 0.431. The summed E-state index contributed by atoms with van der Waals surface area (Å²) in [6, 6.07) is 14.5. The first-order valence-electron chi connectivity index (χ1n) is 9.85. The molecule has 2 N–H and O–H groups in total. The van der Waals surface area contributed by atoms with Crippen LogP contribution in [0.4, 0.5) is 0 Å². The van der Waals surface area contributed by atoms with Crippen LogP contribution < -0.4 is 10.6 Å². The first-order valence-corrected chi connectivity index (χ1v) is 10.7. The first-order chi connectivity index (χ1) is 14.2. The van der Waals surface area contributed by atoms with Crippen molar-refractivity contribution in [2.45, 2.75) is 37.5 Å². The summed E-state index contributed by atoms with van der Waals surface area (Å²) in [5, 5.41) is 7.18. The average molecular weight is 409 g/mol. The van der Waals surface area contributed by atoms with Crippen LogP contribution in [0, 0.1) is 6.92 Å². The van der Waals surface area contributed by atoms with Gasteiger partial charge >= 0.3 is 0 Å². The van der Waals surface area contributed by atoms with Gasteiger partial charge in [-0.1, -0.05) is 31.2 Å². The van der Waals surface area contributed by atoms with Gasteiger partial charge in [0.15, 0.2) is 5.96 Å². The standard InChI is InChI=1S/C22H28N6S/c1-4-23-22(26-14-17(2)29-20-8-6-5-7-9-20)27-16-19-10-11-21(25-15-19)28-13-12-24-18(28)3/h5-13,15,17H,4,14,16H2,1-3H3,(H2,23,26,27). The minimum Gasteiger partial charge on any atom is -0.357 e. The van der Waals surface area contributed by atoms with Gasteiger partial charge in [0.1, 0.15) is 11.6 Å². The molecule has 0 bridgehead atoms. The number of pyridine rings is 1. The quantitative estimate of drug-likeness (QED) is 0.337. The van der Waals surface area contributed by atoms with Gasteiger partial charge in [0.2, 0.25) is 0 Å². The largest absolute Gasteiger partial charge is 0.357 e. The highest BCUT2D eigenvalue weighted by Crippen LogP contribution is 2.21. The third kappa shape index (κ3) is 6.35. The second-order valence-electron chi connectivity index (χ2n) is 6.69. The Balaban J connectivity index is 1.55. The van der Waals surface area contributed by atoms with E-state index in [1.807, 2.05) is 47.8 Å². The Bertz CT molecular complexity index is 905. The number of nitrogens with one attached hydrogen (secondary N) is 2. The maximum absolute atomic E-state index is 4.70. The van der Waals surface area contributed by atoms with Gasteiger partial charge in [-0.25, -0.2) is 15.0 Å². The molecule has 1 aromatic carbocycles. The van der Waals surface area contributed by atoms with E-state index in [0.29, 0.717) is 11.8 Å². The molecule has 0 saturated heterocycles. The number of hydrogen-bond acceptors (Lipinski definition) is 4. The van der Waals surface area contributed by atoms with Crippen molar-refractivity contribution in [2.24, 2.45) is 4.99 Å². The fourth-order valence-corrected chi connectivity index (χ4v) is 3.74. The number of guanidine groups is 1. The molecule has 2 aromatic heterocycles. The topological polar surface area (TPSA) is 67.1 Å². The van der Waals surface area contributed by atoms with Crippen LogP contribution in [-0.2, 0) is 6.54 Å². The van der Waals surface area contributed by atoms with E-state index >= 15 is 0 Å². The normalized spacial score (nSPS) is 12.6. The number of aliphatic imine (C=N–C) groups is 1. The Morgan fingerprint density at radius 1 is 1.14 bits per heavy atom. The van der Waals surface area contributed by atoms with Crippen molar-refractivity contribution >= 4 is 17.7 Å². The number of rotatable bonds is 8. The molecular formula is C22H28N6S. The predicted octanol–water partition coefficient (Wildman–Crippen LogP) is 3.81. The van der Waals surface area contributed by atoms with Crippen molar-refractivity contribution in [3.05, 3.63) is 72.4 Å². The van der Waals surface area contributed by atoms with Crippen LogP contribution in [0.25, 0.3) is 5.82 Å². The predicted molar refractivity (Wildman–Crippen MR) is 121 cm³/mol. The van der Waals surface area contributed by atoms with Crippen molar-refractivity contribution in [3.63, 3.8) is 0 Å². The Labute approximate surface area is 176 Å². The lowest BCUT2D eigenvalue weighted by molar-refractivity contribution is 0.794. The Kier molecular flexibility index (Phi) is 7.69. The summed E-state index contributed by atoms with van der Waals surface area (Å²) < 4.78 is 1.96. The van der Waals surface area contributed by atoms with Gasteiger partial charge in [-0.15, -0.1) is 11.8 Å². The lowest BCUT2D eigenvalue weighted by Gasteiger charge is -2.15. The van der Waals surface area contributed by atoms with Gasteiger partial charge in [0, 0.05) is 41.8 Å². The van der Waals surface area contributed by atoms with Crippen molar-refractivity contribution in [2.75, 3.05) is 13.1 Å². The summed E-state index contributed by atoms with van der Waals surface area (Å²) in [5.41, 5.74) is 1.07. The van der Waals surface area contributed by atoms with Crippen molar-refractivity contribution in [1.29, 1.82) is 0 Å². The zero-order valence-electron chi connectivity index (χ0n) is 17.2. The van der Waals surface area contributed by atoms with Gasteiger partial charge in [-0.3, -0.25) is 4.57 Å². The summed E-state index contributed by atoms with van der Waals surface area (Å²) in [6.45, 7) is 8.49. The number of benzene rings is 1. The van der Waals surface area contributed by atoms with Crippen LogP contribution in [0.5, 0.6) is 0 Å². The van der Waals surface area contributed by atoms with Crippen molar-refractivity contribution in [3.8, 4) is 5.82 Å². The Morgan fingerprint density at radius 2 is 1.97 bits per heavy atom. The molecule has 0 fully saturated rings. The van der Waals surface area contributed by atoms with Crippen LogP contribution in [0.15, 0.2) is 70.9 Å². The molecule has 0 spiro atoms. The second kappa shape index (κ2) is 10.7. The maximum atomic E-state index is 4.70. The van der Waals surface area contributed by atoms with Gasteiger partial charge in [0.05, 0.1) is 6.54 Å². The third-order valence-electron chi connectivity index (χ3n) is 4.28. The second-order valence-corrected chi connectivity index (χ2v) is 8.20. The maximum Gasteiger partial charge on any atom is 0.191 e. The fraction of sp³-hybridized carbons (Fsp3) is 0.318. The highest BCUT2D eigenvalue weighted by atomic mass is 32.2. The summed E-state index contributed by atoms with van der Waals surface area (Å²) in [6.07, 6.45) is 5.56. The lowest BCUT2D eigenvalue weighted by atomic mass is 10.3. The molecule has 3 rings (SSSR count). The molecule has 1 unspecified atom stereocenters. The molecule has 2 heterocycles. The molecule has 7 heteroatoms. The molecule has 0 saturated carbocycles. The van der Waals surface area contributed by atoms with E-state index in [-0.39, 0.29) is 0 Å². The zero-order chi connectivity index (χ0) is 20.5. The monoisotopic (exact) mass is 408 g/mol. The van der Waals surface area contributed by atoms with Crippen LogP contribution in [-0.4, -0.2) is 38.8 Å². The van der Waals surface area contributed by atoms with Gasteiger partial charge in [0.25, 0.3) is 0 Å². The summed E-state index contributed by atoms with van der Waals surface area (Å²) in [4.78, 5) is 14.8. The summed E-state index contributed by atoms with van der Waals surface area (Å²) in [7, 11) is 0. The number of aromatic nitrogens is 3. The third-order valence-corrected chi connectivity index (χ3v) is 5.40. The van der Waals surface area contributed by atoms with Crippen molar-refractivity contribution < 1.29 is 0 Å². The lowest BCUT2D eigenvalue weighted by Crippen LogP contribution is -2.40. The number of nitrogens with zero attached hydrogens (tertiary/aromatic N) is 4. The smallest absolute Gasteiger partial charge is 0.191 e. The van der Waals surface area contributed by atoms with Crippen LogP contribution in [0.2, 0.25) is 0 Å². The number of aryl methyl sites for hydroxylation is 1. The van der Waals surface area contributed by atoms with E-state index in [2.05, 4.69) is 64.8 Å². The van der Waals surface area contributed by atoms with Gasteiger partial charge in [-0.2, -0.15) is 0 Å². The molecule has 0 aliphatic heterocycles. The number of thioether (sulfide) groups is 1. The van der Waals surface area contributed by atoms with Crippen molar-refractivity contribution in [1.82, 2.24) is 25.2 Å². The zero-order valence-corrected chi connectivity index (χ0v) is 18.0. The number of hydrogen-bond donors (Lipinski definition) is 2. The number of imidazole rings is 1. The highest BCUT2D eigenvalue weighted by Gasteiger charge is 2.06. The molecular weight excluding hydrogens is 380 g/mol. The van der Waals surface area contributed by atoms with E-state index < -0.39 is 0 Å². The molecule has 0 aliphatic carbocycles. The summed E-state index contributed by atoms with van der Waals surface area (Å²) in [5.74, 6) is 2.61. The Hall–Kier alpha value is -2.80. The Morgan fingerprint density at radius 3 is 2.62 bits per heavy atom. The van der Waals surface area contributed by atoms with Gasteiger partial charge in [-0.05, 0) is 37.6 Å². The van der Waals surface area contributed by atoms with Crippen LogP contribution in [0.1, 0.15) is 25.2 Å². The first kappa shape index (κ1) is 20.9. The fourth-order valence-electron chi connectivity index (χ4n) is 2.80. The average Bonchev–Trinajstić information content (AvgIpc) is 3.17. The van der Waals surface area contributed by atoms with E-state index in [4.69, 9.17) is 4.99 Å². The van der Waals surface area contributed by atoms with Crippen LogP contribution in [0.3, 0.4) is 0 Å². The van der Waals surface area contributed by atoms with E-state index in [0.717, 1.165) is 36.3 Å². The molecule has 3 aromatic rings. The molecule has 0 amide bonds. The molecule has 0 radical (unpaired) electrons. The van der Waals surface area contributed by atoms with E-state index in [1.54, 1.807) is 6.20 Å². The summed E-state index contributed by atoms with van der Waals surface area (Å²) >= 11 is 1.86. The van der Waals surface area contributed by atoms with E-state index in [9.17, 15) is 0 Å². The van der Waals surface area contributed by atoms with Crippen LogP contribution >= 0.6 is 11.8 Å². The highest BCUT2D eigenvalue weighted by molar-refractivity contribution is 8.00. The minimum atomic E-state index is 0.431. The SMILES string of the molecule is CCNC(=NCc1ccc(-n2ccnc2C)nc1)NCC(C)Sc1ccccc1. The molecule has 0 aliphatic rings. The van der Waals surface area contributed by atoms with Gasteiger partial charge < -0.3 is 10.6 Å². The molecule has 6 nitrogen and oxygen atoms in total. The molecule has 29 heavy (non-hydrogen) atoms. The molecule has 1 atom stereocenters. The molecule has 152 valence electrons.